The molecule has 1 atom stereocenters. The normalized spacial score (nSPS) is 12.7. The summed E-state index contributed by atoms with van der Waals surface area (Å²) in [7, 11) is 1.65. The number of nitrogens with zero attached hydrogens (tertiary/aromatic N) is 3. The van der Waals surface area contributed by atoms with Crippen molar-refractivity contribution in [2.45, 2.75) is 32.4 Å². The highest BCUT2D eigenvalue weighted by Gasteiger charge is 2.16. The lowest BCUT2D eigenvalue weighted by atomic mass is 10.0. The van der Waals surface area contributed by atoms with Crippen molar-refractivity contribution in [3.8, 4) is 5.75 Å². The first-order valence-electron chi connectivity index (χ1n) is 6.64. The van der Waals surface area contributed by atoms with Crippen molar-refractivity contribution in [1.29, 1.82) is 0 Å². The van der Waals surface area contributed by atoms with Gasteiger partial charge in [0, 0.05) is 12.5 Å². The highest BCUT2D eigenvalue weighted by Crippen LogP contribution is 2.22. The van der Waals surface area contributed by atoms with Gasteiger partial charge >= 0.3 is 0 Å². The number of rotatable bonds is 6. The van der Waals surface area contributed by atoms with Gasteiger partial charge in [0.25, 0.3) is 0 Å². The third-order valence-electron chi connectivity index (χ3n) is 3.22. The van der Waals surface area contributed by atoms with Gasteiger partial charge in [0.15, 0.2) is 0 Å². The van der Waals surface area contributed by atoms with Crippen LogP contribution < -0.4 is 16.0 Å². The van der Waals surface area contributed by atoms with Gasteiger partial charge < -0.3 is 4.74 Å². The van der Waals surface area contributed by atoms with E-state index in [9.17, 15) is 0 Å². The third-order valence-corrected chi connectivity index (χ3v) is 3.22. The van der Waals surface area contributed by atoms with E-state index in [1.54, 1.807) is 13.4 Å². The van der Waals surface area contributed by atoms with E-state index in [4.69, 9.17) is 10.6 Å². The number of nitrogens with one attached hydrogen (secondary N) is 1. The molecule has 6 heteroatoms. The summed E-state index contributed by atoms with van der Waals surface area (Å²) in [5.41, 5.74) is 3.90. The Bertz CT molecular complexity index is 552. The average molecular weight is 275 g/mol. The molecule has 0 bridgehead atoms. The fourth-order valence-electron chi connectivity index (χ4n) is 2.17. The molecule has 2 rings (SSSR count). The van der Waals surface area contributed by atoms with E-state index >= 15 is 0 Å². The van der Waals surface area contributed by atoms with Crippen LogP contribution in [0.3, 0.4) is 0 Å². The predicted molar refractivity (Wildman–Crippen MR) is 77.2 cm³/mol. The number of nitrogens with two attached hydrogens (primary N) is 1. The fraction of sp³-hybridized carbons (Fsp3) is 0.429. The Morgan fingerprint density at radius 1 is 1.40 bits per heavy atom. The van der Waals surface area contributed by atoms with E-state index < -0.39 is 0 Å². The molecule has 0 aliphatic rings. The van der Waals surface area contributed by atoms with Gasteiger partial charge in [0.2, 0.25) is 0 Å². The second-order valence-electron chi connectivity index (χ2n) is 4.91. The van der Waals surface area contributed by atoms with Crippen molar-refractivity contribution in [2.24, 2.45) is 5.84 Å². The molecule has 1 unspecified atom stereocenters. The summed E-state index contributed by atoms with van der Waals surface area (Å²) in [6.45, 7) is 4.16. The second kappa shape index (κ2) is 6.49. The maximum absolute atomic E-state index is 5.69. The van der Waals surface area contributed by atoms with E-state index in [-0.39, 0.29) is 12.1 Å². The molecule has 108 valence electrons. The van der Waals surface area contributed by atoms with Crippen LogP contribution in [-0.2, 0) is 6.42 Å². The first-order valence-corrected chi connectivity index (χ1v) is 6.64. The lowest BCUT2D eigenvalue weighted by Crippen LogP contribution is -2.30. The highest BCUT2D eigenvalue weighted by molar-refractivity contribution is 5.30. The van der Waals surface area contributed by atoms with Crippen LogP contribution in [0, 0.1) is 0 Å². The molecule has 1 heterocycles. The third kappa shape index (κ3) is 3.15. The Morgan fingerprint density at radius 2 is 2.20 bits per heavy atom. The summed E-state index contributed by atoms with van der Waals surface area (Å²) in [6.07, 6.45) is 2.25. The highest BCUT2D eigenvalue weighted by atomic mass is 16.5. The Labute approximate surface area is 118 Å². The minimum atomic E-state index is -0.0354. The molecule has 0 spiro atoms. The van der Waals surface area contributed by atoms with Crippen molar-refractivity contribution >= 4 is 0 Å². The number of ether oxygens (including phenoxy) is 1. The summed E-state index contributed by atoms with van der Waals surface area (Å²) < 4.78 is 7.15. The molecule has 2 aromatic rings. The number of methoxy groups -OCH3 is 1. The zero-order chi connectivity index (χ0) is 14.5. The Kier molecular flexibility index (Phi) is 4.70. The van der Waals surface area contributed by atoms with Crippen molar-refractivity contribution in [2.75, 3.05) is 7.11 Å². The summed E-state index contributed by atoms with van der Waals surface area (Å²) in [5, 5.41) is 4.24. The van der Waals surface area contributed by atoms with E-state index in [0.29, 0.717) is 6.42 Å². The number of aromatic nitrogens is 3. The Morgan fingerprint density at radius 3 is 2.85 bits per heavy atom. The van der Waals surface area contributed by atoms with E-state index in [2.05, 4.69) is 29.4 Å². The van der Waals surface area contributed by atoms with Crippen LogP contribution in [-0.4, -0.2) is 21.9 Å². The molecule has 6 nitrogen and oxygen atoms in total. The first kappa shape index (κ1) is 14.5. The Hall–Kier alpha value is -1.92. The maximum Gasteiger partial charge on any atom is 0.138 e. The van der Waals surface area contributed by atoms with Crippen LogP contribution >= 0.6 is 0 Å². The molecule has 0 fully saturated rings. The van der Waals surface area contributed by atoms with Crippen LogP contribution in [0.4, 0.5) is 0 Å². The quantitative estimate of drug-likeness (QED) is 0.618. The van der Waals surface area contributed by atoms with Gasteiger partial charge in [-0.25, -0.2) is 9.67 Å². The molecule has 0 radical (unpaired) electrons. The number of hydrogen-bond acceptors (Lipinski definition) is 5. The smallest absolute Gasteiger partial charge is 0.138 e. The topological polar surface area (TPSA) is 78.0 Å². The lowest BCUT2D eigenvalue weighted by molar-refractivity contribution is 0.412. The van der Waals surface area contributed by atoms with Crippen molar-refractivity contribution < 1.29 is 4.74 Å². The van der Waals surface area contributed by atoms with Gasteiger partial charge in [-0.2, -0.15) is 5.10 Å². The minimum Gasteiger partial charge on any atom is -0.497 e. The summed E-state index contributed by atoms with van der Waals surface area (Å²) in [6, 6.07) is 8.09. The molecular formula is C14H21N5O. The van der Waals surface area contributed by atoms with Crippen LogP contribution in [0.2, 0.25) is 0 Å². The van der Waals surface area contributed by atoms with Crippen LogP contribution in [0.1, 0.15) is 37.3 Å². The lowest BCUT2D eigenvalue weighted by Gasteiger charge is -2.18. The molecule has 0 saturated carbocycles. The predicted octanol–water partition coefficient (Wildman–Crippen LogP) is 1.61. The van der Waals surface area contributed by atoms with Crippen molar-refractivity contribution in [3.63, 3.8) is 0 Å². The van der Waals surface area contributed by atoms with Crippen LogP contribution in [0.5, 0.6) is 5.75 Å². The van der Waals surface area contributed by atoms with E-state index in [1.165, 1.54) is 0 Å². The standard InChI is InChI=1S/C14H21N5O/c1-10(2)19-14(16-9-17-19)8-13(18-15)11-5-4-6-12(7-11)20-3/h4-7,9-10,13,18H,8,15H2,1-3H3. The molecular weight excluding hydrogens is 254 g/mol. The fourth-order valence-corrected chi connectivity index (χ4v) is 2.17. The van der Waals surface area contributed by atoms with Gasteiger partial charge in [0.1, 0.15) is 17.9 Å². The second-order valence-corrected chi connectivity index (χ2v) is 4.91. The molecule has 3 N–H and O–H groups in total. The largest absolute Gasteiger partial charge is 0.497 e. The van der Waals surface area contributed by atoms with Crippen LogP contribution in [0.15, 0.2) is 30.6 Å². The van der Waals surface area contributed by atoms with Gasteiger partial charge in [-0.05, 0) is 31.5 Å². The number of hydrazine groups is 1. The zero-order valence-corrected chi connectivity index (χ0v) is 12.1. The summed E-state index contributed by atoms with van der Waals surface area (Å²) in [5.74, 6) is 7.41. The summed E-state index contributed by atoms with van der Waals surface area (Å²) >= 11 is 0. The van der Waals surface area contributed by atoms with Gasteiger partial charge in [-0.1, -0.05) is 12.1 Å². The maximum atomic E-state index is 5.69. The van der Waals surface area contributed by atoms with Crippen molar-refractivity contribution in [1.82, 2.24) is 20.2 Å². The summed E-state index contributed by atoms with van der Waals surface area (Å²) in [4.78, 5) is 4.32. The SMILES string of the molecule is COc1cccc(C(Cc2ncnn2C(C)C)NN)c1. The molecule has 0 saturated heterocycles. The molecule has 1 aromatic heterocycles. The average Bonchev–Trinajstić information content (AvgIpc) is 2.93. The zero-order valence-electron chi connectivity index (χ0n) is 12.1. The first-order chi connectivity index (χ1) is 9.65. The minimum absolute atomic E-state index is 0.0354. The van der Waals surface area contributed by atoms with E-state index in [0.717, 1.165) is 17.1 Å². The van der Waals surface area contributed by atoms with E-state index in [1.807, 2.05) is 28.9 Å². The number of benzene rings is 1. The molecule has 0 aliphatic heterocycles. The monoisotopic (exact) mass is 275 g/mol. The van der Waals surface area contributed by atoms with Gasteiger partial charge in [0.05, 0.1) is 13.2 Å². The van der Waals surface area contributed by atoms with Gasteiger partial charge in [-0.3, -0.25) is 11.3 Å². The molecule has 1 aromatic carbocycles. The molecule has 0 amide bonds. The van der Waals surface area contributed by atoms with Crippen molar-refractivity contribution in [3.05, 3.63) is 42.0 Å². The van der Waals surface area contributed by atoms with Gasteiger partial charge in [-0.15, -0.1) is 0 Å². The van der Waals surface area contributed by atoms with Crippen LogP contribution in [0.25, 0.3) is 0 Å². The Balaban J connectivity index is 2.22. The molecule has 20 heavy (non-hydrogen) atoms. The number of hydrogen-bond donors (Lipinski definition) is 2. The molecule has 0 aliphatic carbocycles.